The van der Waals surface area contributed by atoms with Crippen molar-refractivity contribution in [2.45, 2.75) is 36.8 Å². The molecule has 2 N–H and O–H groups in total. The highest BCUT2D eigenvalue weighted by molar-refractivity contribution is 7.87. The Morgan fingerprint density at radius 3 is 2.63 bits per heavy atom. The number of pyridine rings is 1. The van der Waals surface area contributed by atoms with Crippen molar-refractivity contribution in [3.63, 3.8) is 0 Å². The van der Waals surface area contributed by atoms with Crippen LogP contribution in [-0.2, 0) is 22.0 Å². The fourth-order valence-corrected chi connectivity index (χ4v) is 7.28. The lowest BCUT2D eigenvalue weighted by Crippen LogP contribution is -2.21. The summed E-state index contributed by atoms with van der Waals surface area (Å²) in [6.45, 7) is 2.55. The second-order valence-electron chi connectivity index (χ2n) is 8.75. The second kappa shape index (κ2) is 11.5. The highest BCUT2D eigenvalue weighted by Gasteiger charge is 2.21. The molecule has 4 rings (SSSR count). The number of hydrogen-bond donors (Lipinski definition) is 1. The van der Waals surface area contributed by atoms with Gasteiger partial charge in [-0.3, -0.25) is 9.00 Å². The van der Waals surface area contributed by atoms with Gasteiger partial charge in [-0.15, -0.1) is 22.7 Å². The number of thiazole rings is 1. The Labute approximate surface area is 216 Å². The van der Waals surface area contributed by atoms with Crippen LogP contribution in [0.2, 0.25) is 0 Å². The summed E-state index contributed by atoms with van der Waals surface area (Å²) in [5, 5.41) is 3.62. The van der Waals surface area contributed by atoms with Crippen molar-refractivity contribution >= 4 is 55.2 Å². The molecule has 0 amide bonds. The Morgan fingerprint density at radius 2 is 1.97 bits per heavy atom. The normalized spacial score (nSPS) is 12.5. The average Bonchev–Trinajstić information content (AvgIpc) is 3.49. The number of benzene rings is 1. The van der Waals surface area contributed by atoms with Crippen LogP contribution in [0.25, 0.3) is 32.0 Å². The summed E-state index contributed by atoms with van der Waals surface area (Å²) in [6.07, 6.45) is 4.89. The molecule has 0 fully saturated rings. The van der Waals surface area contributed by atoms with Gasteiger partial charge in [0.05, 0.1) is 23.0 Å². The number of Topliss-reactive ketones (excluding diaryl/α,β-unsaturated/α-hetero) is 1. The summed E-state index contributed by atoms with van der Waals surface area (Å²) < 4.78 is 13.7. The predicted molar refractivity (Wildman–Crippen MR) is 149 cm³/mol. The number of fused-ring (bicyclic) bond motifs is 1. The molecule has 0 bridgehead atoms. The summed E-state index contributed by atoms with van der Waals surface area (Å²) in [7, 11) is 2.67. The number of unbranched alkanes of at least 4 members (excludes halogenated alkanes) is 1. The molecule has 0 radical (unpaired) electrons. The molecule has 0 saturated carbocycles. The van der Waals surface area contributed by atoms with Crippen molar-refractivity contribution in [3.05, 3.63) is 47.5 Å². The van der Waals surface area contributed by atoms with Crippen molar-refractivity contribution in [3.8, 4) is 21.8 Å². The van der Waals surface area contributed by atoms with Gasteiger partial charge in [-0.2, -0.15) is 0 Å². The van der Waals surface area contributed by atoms with Crippen LogP contribution in [0, 0.1) is 0 Å². The van der Waals surface area contributed by atoms with Crippen molar-refractivity contribution in [2.24, 2.45) is 0 Å². The van der Waals surface area contributed by atoms with E-state index in [0.717, 1.165) is 50.5 Å². The standard InChI is InChI=1S/C26H30N4O2S3/c1-4-5-14-35(32)26-23(27)22-20(15-21(29-25(22)34-26)24-28-12-13-33-24)18-9-6-17(7-10-18)8-11-19(31)16-30(2)3/h6-7,9-10,12-13,15H,4-5,8,11,14,16,27H2,1-3H3. The number of rotatable bonds is 11. The van der Waals surface area contributed by atoms with E-state index in [1.165, 1.54) is 22.7 Å². The number of nitrogen functional groups attached to an aromatic ring is 1. The Bertz CT molecular complexity index is 1330. The first-order valence-corrected chi connectivity index (χ1v) is 14.7. The third kappa shape index (κ3) is 6.03. The van der Waals surface area contributed by atoms with Gasteiger partial charge in [0.2, 0.25) is 0 Å². The van der Waals surface area contributed by atoms with Crippen LogP contribution in [0.15, 0.2) is 46.1 Å². The van der Waals surface area contributed by atoms with Gasteiger partial charge in [0, 0.05) is 29.1 Å². The molecule has 9 heteroatoms. The number of likely N-dealkylation sites (N-methyl/N-ethyl adjacent to an activating group) is 1. The van der Waals surface area contributed by atoms with E-state index >= 15 is 0 Å². The molecular weight excluding hydrogens is 497 g/mol. The molecule has 1 unspecified atom stereocenters. The molecule has 6 nitrogen and oxygen atoms in total. The number of carbonyl (C=O) groups excluding carboxylic acids is 1. The van der Waals surface area contributed by atoms with Gasteiger partial charge in [-0.05, 0) is 49.7 Å². The first-order chi connectivity index (χ1) is 16.9. The number of ketones is 1. The average molecular weight is 527 g/mol. The maximum Gasteiger partial charge on any atom is 0.147 e. The predicted octanol–water partition coefficient (Wildman–Crippen LogP) is 5.64. The lowest BCUT2D eigenvalue weighted by molar-refractivity contribution is -0.119. The Hall–Kier alpha value is -2.46. The van der Waals surface area contributed by atoms with Crippen molar-refractivity contribution < 1.29 is 9.00 Å². The van der Waals surface area contributed by atoms with Gasteiger partial charge in [-0.1, -0.05) is 37.6 Å². The monoisotopic (exact) mass is 526 g/mol. The van der Waals surface area contributed by atoms with Crippen molar-refractivity contribution in [1.82, 2.24) is 14.9 Å². The van der Waals surface area contributed by atoms with Gasteiger partial charge in [0.25, 0.3) is 0 Å². The van der Waals surface area contributed by atoms with E-state index in [2.05, 4.69) is 36.2 Å². The van der Waals surface area contributed by atoms with E-state index in [0.29, 0.717) is 35.0 Å². The third-order valence-corrected chi connectivity index (χ3v) is 9.45. The van der Waals surface area contributed by atoms with Crippen LogP contribution in [0.5, 0.6) is 0 Å². The van der Waals surface area contributed by atoms with Crippen molar-refractivity contribution in [2.75, 3.05) is 32.1 Å². The van der Waals surface area contributed by atoms with Crippen LogP contribution in [-0.4, -0.2) is 51.3 Å². The van der Waals surface area contributed by atoms with Gasteiger partial charge in [-0.25, -0.2) is 9.97 Å². The van der Waals surface area contributed by atoms with Crippen LogP contribution < -0.4 is 5.73 Å². The lowest BCUT2D eigenvalue weighted by atomic mass is 9.99. The fourth-order valence-electron chi connectivity index (χ4n) is 3.89. The number of anilines is 1. The maximum atomic E-state index is 13.0. The summed E-state index contributed by atoms with van der Waals surface area (Å²) >= 11 is 2.96. The maximum absolute atomic E-state index is 13.0. The molecule has 1 atom stereocenters. The van der Waals surface area contributed by atoms with E-state index in [9.17, 15) is 9.00 Å². The molecule has 184 valence electrons. The first kappa shape index (κ1) is 25.6. The highest BCUT2D eigenvalue weighted by Crippen LogP contribution is 2.43. The van der Waals surface area contributed by atoms with Crippen LogP contribution in [0.1, 0.15) is 31.7 Å². The highest BCUT2D eigenvalue weighted by atomic mass is 32.2. The van der Waals surface area contributed by atoms with Crippen LogP contribution >= 0.6 is 22.7 Å². The Morgan fingerprint density at radius 1 is 1.20 bits per heavy atom. The van der Waals surface area contributed by atoms with Gasteiger partial charge < -0.3 is 10.6 Å². The van der Waals surface area contributed by atoms with E-state index in [-0.39, 0.29) is 5.78 Å². The van der Waals surface area contributed by atoms with Gasteiger partial charge in [0.1, 0.15) is 25.5 Å². The number of carbonyl (C=O) groups is 1. The SMILES string of the molecule is CCCCS(=O)c1sc2nc(-c3nccs3)cc(-c3ccc(CCC(=O)CN(C)C)cc3)c2c1N. The third-order valence-electron chi connectivity index (χ3n) is 5.66. The molecule has 35 heavy (non-hydrogen) atoms. The molecular formula is C26H30N4O2S3. The first-order valence-electron chi connectivity index (χ1n) is 11.6. The topological polar surface area (TPSA) is 89.2 Å². The summed E-state index contributed by atoms with van der Waals surface area (Å²) in [6, 6.07) is 10.3. The van der Waals surface area contributed by atoms with E-state index in [1.807, 2.05) is 30.4 Å². The zero-order valence-electron chi connectivity index (χ0n) is 20.2. The minimum Gasteiger partial charge on any atom is -0.396 e. The summed E-state index contributed by atoms with van der Waals surface area (Å²) in [4.78, 5) is 24.1. The minimum atomic E-state index is -1.15. The number of nitrogens with two attached hydrogens (primary N) is 1. The summed E-state index contributed by atoms with van der Waals surface area (Å²) in [5.41, 5.74) is 11.0. The minimum absolute atomic E-state index is 0.234. The molecule has 3 heterocycles. The second-order valence-corrected chi connectivity index (χ2v) is 12.4. The van der Waals surface area contributed by atoms with Gasteiger partial charge >= 0.3 is 0 Å². The van der Waals surface area contributed by atoms with Crippen molar-refractivity contribution in [1.29, 1.82) is 0 Å². The van der Waals surface area contributed by atoms with Crippen LogP contribution in [0.3, 0.4) is 0 Å². The largest absolute Gasteiger partial charge is 0.396 e. The fraction of sp³-hybridized carbons (Fsp3) is 0.346. The Kier molecular flexibility index (Phi) is 8.43. The number of thiophene rings is 1. The smallest absolute Gasteiger partial charge is 0.147 e. The molecule has 0 aliphatic rings. The van der Waals surface area contributed by atoms with E-state index in [1.54, 1.807) is 6.20 Å². The molecule has 0 aliphatic carbocycles. The summed E-state index contributed by atoms with van der Waals surface area (Å²) in [5.74, 6) is 0.835. The molecule has 3 aromatic heterocycles. The Balaban J connectivity index is 1.71. The molecule has 0 aliphatic heterocycles. The number of aromatic nitrogens is 2. The van der Waals surface area contributed by atoms with Crippen LogP contribution in [0.4, 0.5) is 5.69 Å². The van der Waals surface area contributed by atoms with Gasteiger partial charge in [0.15, 0.2) is 0 Å². The molecule has 1 aromatic carbocycles. The molecule has 4 aromatic rings. The number of hydrogen-bond acceptors (Lipinski definition) is 8. The van der Waals surface area contributed by atoms with E-state index < -0.39 is 10.8 Å². The zero-order chi connectivity index (χ0) is 24.9. The number of aryl methyl sites for hydroxylation is 1. The molecule has 0 saturated heterocycles. The quantitative estimate of drug-likeness (QED) is 0.272. The zero-order valence-corrected chi connectivity index (χ0v) is 22.7. The lowest BCUT2D eigenvalue weighted by Gasteiger charge is -2.10. The van der Waals surface area contributed by atoms with E-state index in [4.69, 9.17) is 10.7 Å². The molecule has 0 spiro atoms. The number of nitrogens with zero attached hydrogens (tertiary/aromatic N) is 3.